The number of hydrogen-bond acceptors (Lipinski definition) is 4. The molecule has 6 heteroatoms. The number of carbonyl (C=O) groups excluding carboxylic acids is 2. The number of carbonyl (C=O) groups is 2. The summed E-state index contributed by atoms with van der Waals surface area (Å²) in [7, 11) is 0. The van der Waals surface area contributed by atoms with Crippen LogP contribution in [0.2, 0.25) is 0 Å². The summed E-state index contributed by atoms with van der Waals surface area (Å²) in [6.07, 6.45) is 0. The maximum atomic E-state index is 12.9. The van der Waals surface area contributed by atoms with Crippen LogP contribution in [-0.4, -0.2) is 18.6 Å². The molecule has 0 aliphatic carbocycles. The summed E-state index contributed by atoms with van der Waals surface area (Å²) in [6.45, 7) is 6.03. The quantitative estimate of drug-likeness (QED) is 0.500. The molecule has 0 aromatic heterocycles. The number of benzene rings is 3. The second kappa shape index (κ2) is 9.61. The van der Waals surface area contributed by atoms with Crippen LogP contribution in [0.5, 0.6) is 11.5 Å². The van der Waals surface area contributed by atoms with E-state index < -0.39 is 12.0 Å². The number of esters is 1. The fourth-order valence-electron chi connectivity index (χ4n) is 3.93. The van der Waals surface area contributed by atoms with Crippen molar-refractivity contribution in [1.29, 1.82) is 0 Å². The predicted molar refractivity (Wildman–Crippen MR) is 127 cm³/mol. The Balaban J connectivity index is 1.69. The lowest BCUT2D eigenvalue weighted by Crippen LogP contribution is -2.45. The Hall–Kier alpha value is -4.06. The van der Waals surface area contributed by atoms with E-state index in [-0.39, 0.29) is 12.6 Å². The number of hydrogen-bond donors (Lipinski definition) is 2. The van der Waals surface area contributed by atoms with Crippen molar-refractivity contribution >= 4 is 17.7 Å². The van der Waals surface area contributed by atoms with E-state index in [0.717, 1.165) is 28.0 Å². The summed E-state index contributed by atoms with van der Waals surface area (Å²) >= 11 is 0. The molecular weight excluding hydrogens is 416 g/mol. The van der Waals surface area contributed by atoms with E-state index in [1.807, 2.05) is 80.6 Å². The molecule has 168 valence electrons. The molecule has 2 amide bonds. The van der Waals surface area contributed by atoms with Gasteiger partial charge in [0, 0.05) is 0 Å². The van der Waals surface area contributed by atoms with E-state index in [1.165, 1.54) is 0 Å². The van der Waals surface area contributed by atoms with Gasteiger partial charge in [-0.25, -0.2) is 9.59 Å². The van der Waals surface area contributed by atoms with Gasteiger partial charge in [-0.3, -0.25) is 0 Å². The molecule has 6 nitrogen and oxygen atoms in total. The Morgan fingerprint density at radius 2 is 1.58 bits per heavy atom. The first-order valence-electron chi connectivity index (χ1n) is 10.8. The molecule has 1 atom stereocenters. The molecule has 3 aromatic carbocycles. The number of rotatable bonds is 6. The first-order valence-corrected chi connectivity index (χ1v) is 10.8. The highest BCUT2D eigenvalue weighted by atomic mass is 16.5. The van der Waals surface area contributed by atoms with E-state index >= 15 is 0 Å². The van der Waals surface area contributed by atoms with Crippen LogP contribution in [0.4, 0.5) is 4.79 Å². The Labute approximate surface area is 193 Å². The van der Waals surface area contributed by atoms with Crippen molar-refractivity contribution in [2.45, 2.75) is 26.8 Å². The summed E-state index contributed by atoms with van der Waals surface area (Å²) in [5.74, 6) is 0.937. The standard InChI is InChI=1S/C27H26N2O4/c1-4-32-26(30)23-24(19-8-6-5-7-9-19)28-27(31)29-25(23)20-10-12-21(13-11-20)33-22-15-17(2)14-18(3)16-22/h5-16,25H,4H2,1-3H3,(H2,28,29,31). The van der Waals surface area contributed by atoms with Crippen LogP contribution in [0.3, 0.4) is 0 Å². The SMILES string of the molecule is CCOC(=O)C1=C(c2ccccc2)NC(=O)NC1c1ccc(Oc2cc(C)cc(C)c2)cc1. The van der Waals surface area contributed by atoms with Gasteiger partial charge >= 0.3 is 12.0 Å². The molecule has 0 spiro atoms. The normalized spacial score (nSPS) is 15.5. The number of amides is 2. The molecule has 1 aliphatic rings. The van der Waals surface area contributed by atoms with Gasteiger partial charge in [-0.1, -0.05) is 48.5 Å². The van der Waals surface area contributed by atoms with Crippen LogP contribution in [0, 0.1) is 13.8 Å². The van der Waals surface area contributed by atoms with Crippen molar-refractivity contribution < 1.29 is 19.1 Å². The van der Waals surface area contributed by atoms with Crippen LogP contribution in [-0.2, 0) is 9.53 Å². The number of aryl methyl sites for hydroxylation is 2. The Kier molecular flexibility index (Phi) is 6.45. The van der Waals surface area contributed by atoms with E-state index in [0.29, 0.717) is 17.0 Å². The molecule has 0 fully saturated rings. The summed E-state index contributed by atoms with van der Waals surface area (Å²) in [4.78, 5) is 25.4. The van der Waals surface area contributed by atoms with Crippen LogP contribution in [0.1, 0.15) is 35.2 Å². The van der Waals surface area contributed by atoms with Crippen LogP contribution in [0.25, 0.3) is 5.70 Å². The third-order valence-electron chi connectivity index (χ3n) is 5.27. The monoisotopic (exact) mass is 442 g/mol. The molecule has 0 saturated heterocycles. The third-order valence-corrected chi connectivity index (χ3v) is 5.27. The lowest BCUT2D eigenvalue weighted by molar-refractivity contribution is -0.138. The second-order valence-corrected chi connectivity index (χ2v) is 7.90. The van der Waals surface area contributed by atoms with E-state index in [2.05, 4.69) is 16.7 Å². The zero-order chi connectivity index (χ0) is 23.4. The van der Waals surface area contributed by atoms with Gasteiger partial charge in [0.2, 0.25) is 0 Å². The van der Waals surface area contributed by atoms with Crippen LogP contribution in [0.15, 0.2) is 78.4 Å². The smallest absolute Gasteiger partial charge is 0.338 e. The number of ether oxygens (including phenoxy) is 2. The largest absolute Gasteiger partial charge is 0.463 e. The van der Waals surface area contributed by atoms with Gasteiger partial charge in [0.15, 0.2) is 0 Å². The molecule has 0 bridgehead atoms. The predicted octanol–water partition coefficient (Wildman–Crippen LogP) is 5.42. The first kappa shape index (κ1) is 22.1. The molecular formula is C27H26N2O4. The van der Waals surface area contributed by atoms with Crippen LogP contribution < -0.4 is 15.4 Å². The Bertz CT molecular complexity index is 1180. The van der Waals surface area contributed by atoms with Gasteiger partial charge in [0.1, 0.15) is 11.5 Å². The van der Waals surface area contributed by atoms with Gasteiger partial charge in [-0.05, 0) is 67.3 Å². The van der Waals surface area contributed by atoms with E-state index in [4.69, 9.17) is 9.47 Å². The Morgan fingerprint density at radius 3 is 2.21 bits per heavy atom. The first-order chi connectivity index (χ1) is 15.9. The van der Waals surface area contributed by atoms with Crippen molar-refractivity contribution in [3.05, 3.63) is 101 Å². The van der Waals surface area contributed by atoms with Crippen molar-refractivity contribution in [1.82, 2.24) is 10.6 Å². The summed E-state index contributed by atoms with van der Waals surface area (Å²) in [6, 6.07) is 21.6. The molecule has 3 aromatic rings. The molecule has 0 saturated carbocycles. The third kappa shape index (κ3) is 5.06. The molecule has 1 aliphatic heterocycles. The zero-order valence-corrected chi connectivity index (χ0v) is 18.8. The molecule has 2 N–H and O–H groups in total. The van der Waals surface area contributed by atoms with Gasteiger partial charge in [0.05, 0.1) is 23.9 Å². The molecule has 0 radical (unpaired) electrons. The average Bonchev–Trinajstić information content (AvgIpc) is 2.79. The zero-order valence-electron chi connectivity index (χ0n) is 18.8. The maximum absolute atomic E-state index is 12.9. The van der Waals surface area contributed by atoms with Gasteiger partial charge in [-0.2, -0.15) is 0 Å². The van der Waals surface area contributed by atoms with Gasteiger partial charge in [-0.15, -0.1) is 0 Å². The second-order valence-electron chi connectivity index (χ2n) is 7.90. The lowest BCUT2D eigenvalue weighted by Gasteiger charge is -2.29. The molecule has 33 heavy (non-hydrogen) atoms. The minimum Gasteiger partial charge on any atom is -0.463 e. The van der Waals surface area contributed by atoms with Gasteiger partial charge in [0.25, 0.3) is 0 Å². The minimum atomic E-state index is -0.664. The highest BCUT2D eigenvalue weighted by Crippen LogP contribution is 2.33. The van der Waals surface area contributed by atoms with Crippen molar-refractivity contribution in [2.75, 3.05) is 6.61 Å². The average molecular weight is 443 g/mol. The minimum absolute atomic E-state index is 0.230. The molecule has 1 unspecified atom stereocenters. The van der Waals surface area contributed by atoms with Crippen molar-refractivity contribution in [3.63, 3.8) is 0 Å². The van der Waals surface area contributed by atoms with E-state index in [1.54, 1.807) is 6.92 Å². The maximum Gasteiger partial charge on any atom is 0.338 e. The number of urea groups is 1. The van der Waals surface area contributed by atoms with Crippen molar-refractivity contribution in [3.8, 4) is 11.5 Å². The van der Waals surface area contributed by atoms with Crippen molar-refractivity contribution in [2.24, 2.45) is 0 Å². The lowest BCUT2D eigenvalue weighted by atomic mass is 9.92. The molecule has 1 heterocycles. The summed E-state index contributed by atoms with van der Waals surface area (Å²) in [5, 5.41) is 5.64. The Morgan fingerprint density at radius 1 is 0.909 bits per heavy atom. The topological polar surface area (TPSA) is 76.7 Å². The van der Waals surface area contributed by atoms with E-state index in [9.17, 15) is 9.59 Å². The highest BCUT2D eigenvalue weighted by molar-refractivity contribution is 6.04. The molecule has 4 rings (SSSR count). The highest BCUT2D eigenvalue weighted by Gasteiger charge is 2.34. The number of nitrogens with one attached hydrogen (secondary N) is 2. The fraction of sp³-hybridized carbons (Fsp3) is 0.185. The fourth-order valence-corrected chi connectivity index (χ4v) is 3.93. The van der Waals surface area contributed by atoms with Gasteiger partial charge < -0.3 is 20.1 Å². The summed E-state index contributed by atoms with van der Waals surface area (Å²) < 4.78 is 11.3. The summed E-state index contributed by atoms with van der Waals surface area (Å²) in [5.41, 5.74) is 4.52. The van der Waals surface area contributed by atoms with Crippen LogP contribution >= 0.6 is 0 Å².